The highest BCUT2D eigenvalue weighted by Crippen LogP contribution is 2.03. The highest BCUT2D eigenvalue weighted by Gasteiger charge is 2.02. The second kappa shape index (κ2) is 6.18. The van der Waals surface area contributed by atoms with E-state index in [1.165, 1.54) is 0 Å². The summed E-state index contributed by atoms with van der Waals surface area (Å²) >= 11 is 0. The van der Waals surface area contributed by atoms with E-state index in [1.54, 1.807) is 12.1 Å². The molecule has 0 aliphatic carbocycles. The second-order valence-corrected chi connectivity index (χ2v) is 3.48. The Hall–Kier alpha value is -1.37. The summed E-state index contributed by atoms with van der Waals surface area (Å²) in [4.78, 5) is 0. The molecule has 0 radical (unpaired) electrons. The first kappa shape index (κ1) is 11.7. The van der Waals surface area contributed by atoms with Gasteiger partial charge in [0.05, 0.1) is 18.2 Å². The van der Waals surface area contributed by atoms with Crippen molar-refractivity contribution in [2.24, 2.45) is 0 Å². The zero-order valence-corrected chi connectivity index (χ0v) is 8.90. The summed E-state index contributed by atoms with van der Waals surface area (Å²) in [6.07, 6.45) is 0.910. The summed E-state index contributed by atoms with van der Waals surface area (Å²) in [7, 11) is 0. The average molecular weight is 204 g/mol. The fourth-order valence-electron chi connectivity index (χ4n) is 1.30. The van der Waals surface area contributed by atoms with Gasteiger partial charge in [-0.2, -0.15) is 5.26 Å². The average Bonchev–Trinajstić information content (AvgIpc) is 2.31. The van der Waals surface area contributed by atoms with Crippen molar-refractivity contribution in [3.63, 3.8) is 0 Å². The summed E-state index contributed by atoms with van der Waals surface area (Å²) in [6, 6.07) is 9.69. The highest BCUT2D eigenvalue weighted by molar-refractivity contribution is 5.31. The number of hydrogen-bond acceptors (Lipinski definition) is 3. The van der Waals surface area contributed by atoms with Crippen LogP contribution in [0.5, 0.6) is 0 Å². The molecule has 0 aliphatic rings. The van der Waals surface area contributed by atoms with Gasteiger partial charge in [0.15, 0.2) is 0 Å². The molecule has 0 unspecified atom stereocenters. The van der Waals surface area contributed by atoms with E-state index in [0.29, 0.717) is 5.56 Å². The van der Waals surface area contributed by atoms with E-state index in [0.717, 1.165) is 18.5 Å². The van der Waals surface area contributed by atoms with Crippen LogP contribution < -0.4 is 5.32 Å². The van der Waals surface area contributed by atoms with Crippen LogP contribution in [-0.2, 0) is 6.54 Å². The zero-order valence-electron chi connectivity index (χ0n) is 8.90. The lowest BCUT2D eigenvalue weighted by Crippen LogP contribution is -2.31. The number of rotatable bonds is 5. The molecule has 1 aromatic carbocycles. The third-order valence-electron chi connectivity index (χ3n) is 2.39. The van der Waals surface area contributed by atoms with Crippen molar-refractivity contribution >= 4 is 0 Å². The van der Waals surface area contributed by atoms with E-state index in [9.17, 15) is 0 Å². The van der Waals surface area contributed by atoms with Crippen LogP contribution in [0.2, 0.25) is 0 Å². The Morgan fingerprint density at radius 3 is 2.53 bits per heavy atom. The van der Waals surface area contributed by atoms with Gasteiger partial charge >= 0.3 is 0 Å². The summed E-state index contributed by atoms with van der Waals surface area (Å²) in [5.41, 5.74) is 1.80. The van der Waals surface area contributed by atoms with Crippen LogP contribution >= 0.6 is 0 Å². The molecule has 0 fully saturated rings. The molecule has 1 atom stereocenters. The lowest BCUT2D eigenvalue weighted by Gasteiger charge is -2.13. The van der Waals surface area contributed by atoms with Crippen molar-refractivity contribution in [2.75, 3.05) is 6.61 Å². The summed E-state index contributed by atoms with van der Waals surface area (Å²) < 4.78 is 0. The first-order valence-electron chi connectivity index (χ1n) is 5.13. The zero-order chi connectivity index (χ0) is 11.1. The molecule has 0 amide bonds. The maximum Gasteiger partial charge on any atom is 0.0991 e. The van der Waals surface area contributed by atoms with Gasteiger partial charge < -0.3 is 10.4 Å². The number of nitrogens with zero attached hydrogens (tertiary/aromatic N) is 1. The van der Waals surface area contributed by atoms with Crippen LogP contribution in [0.4, 0.5) is 0 Å². The predicted octanol–water partition coefficient (Wildman–Crippen LogP) is 1.42. The minimum Gasteiger partial charge on any atom is -0.395 e. The molecule has 15 heavy (non-hydrogen) atoms. The summed E-state index contributed by atoms with van der Waals surface area (Å²) in [5, 5.41) is 20.8. The molecule has 0 saturated heterocycles. The Morgan fingerprint density at radius 1 is 1.40 bits per heavy atom. The normalized spacial score (nSPS) is 12.1. The fraction of sp³-hybridized carbons (Fsp3) is 0.417. The monoisotopic (exact) mass is 204 g/mol. The van der Waals surface area contributed by atoms with E-state index in [1.807, 2.05) is 19.1 Å². The largest absolute Gasteiger partial charge is 0.395 e. The molecule has 2 N–H and O–H groups in total. The molecular weight excluding hydrogens is 188 g/mol. The first-order chi connectivity index (χ1) is 7.30. The van der Waals surface area contributed by atoms with E-state index in [2.05, 4.69) is 11.4 Å². The molecular formula is C12H16N2O. The minimum atomic E-state index is 0.153. The van der Waals surface area contributed by atoms with Crippen molar-refractivity contribution < 1.29 is 5.11 Å². The fourth-order valence-corrected chi connectivity index (χ4v) is 1.30. The lowest BCUT2D eigenvalue weighted by molar-refractivity contribution is 0.238. The highest BCUT2D eigenvalue weighted by atomic mass is 16.3. The van der Waals surface area contributed by atoms with E-state index < -0.39 is 0 Å². The molecule has 0 bridgehead atoms. The molecule has 3 heteroatoms. The van der Waals surface area contributed by atoms with Gasteiger partial charge in [0.2, 0.25) is 0 Å². The van der Waals surface area contributed by atoms with Crippen LogP contribution in [0, 0.1) is 11.3 Å². The van der Waals surface area contributed by atoms with E-state index >= 15 is 0 Å². The molecule has 3 nitrogen and oxygen atoms in total. The number of benzene rings is 1. The first-order valence-corrected chi connectivity index (χ1v) is 5.13. The van der Waals surface area contributed by atoms with Gasteiger partial charge in [0, 0.05) is 12.6 Å². The number of hydrogen-bond donors (Lipinski definition) is 2. The van der Waals surface area contributed by atoms with Crippen molar-refractivity contribution in [2.45, 2.75) is 25.9 Å². The molecule has 0 heterocycles. The molecule has 0 saturated carbocycles. The van der Waals surface area contributed by atoms with Crippen molar-refractivity contribution in [1.82, 2.24) is 5.32 Å². The molecule has 1 rings (SSSR count). The summed E-state index contributed by atoms with van der Waals surface area (Å²) in [5.74, 6) is 0. The Morgan fingerprint density at radius 2 is 2.07 bits per heavy atom. The van der Waals surface area contributed by atoms with E-state index in [-0.39, 0.29) is 12.6 Å². The predicted molar refractivity (Wildman–Crippen MR) is 59.2 cm³/mol. The Kier molecular flexibility index (Phi) is 4.82. The smallest absolute Gasteiger partial charge is 0.0991 e. The van der Waals surface area contributed by atoms with Gasteiger partial charge in [-0.05, 0) is 24.1 Å². The van der Waals surface area contributed by atoms with Gasteiger partial charge in [-0.3, -0.25) is 0 Å². The molecule has 0 spiro atoms. The quantitative estimate of drug-likeness (QED) is 0.762. The molecule has 80 valence electrons. The Labute approximate surface area is 90.4 Å². The van der Waals surface area contributed by atoms with Crippen molar-refractivity contribution in [3.05, 3.63) is 35.4 Å². The maximum absolute atomic E-state index is 8.98. The third kappa shape index (κ3) is 3.70. The maximum atomic E-state index is 8.98. The summed E-state index contributed by atoms with van der Waals surface area (Å²) in [6.45, 7) is 2.92. The number of nitrogens with one attached hydrogen (secondary N) is 1. The standard InChI is InChI=1S/C12H16N2O/c1-2-12(9-15)14-8-11-5-3-10(7-13)4-6-11/h3-6,12,14-15H,2,8-9H2,1H3/t12-/m0/s1. The minimum absolute atomic E-state index is 0.153. The molecule has 1 aromatic rings. The van der Waals surface area contributed by atoms with Gasteiger partial charge in [-0.1, -0.05) is 19.1 Å². The van der Waals surface area contributed by atoms with Gasteiger partial charge in [0.25, 0.3) is 0 Å². The molecule has 0 aromatic heterocycles. The van der Waals surface area contributed by atoms with Crippen molar-refractivity contribution in [1.29, 1.82) is 5.26 Å². The lowest BCUT2D eigenvalue weighted by atomic mass is 10.1. The van der Waals surface area contributed by atoms with Crippen LogP contribution in [0.1, 0.15) is 24.5 Å². The molecule has 0 aliphatic heterocycles. The number of aliphatic hydroxyl groups is 1. The number of aliphatic hydroxyl groups excluding tert-OH is 1. The number of nitriles is 1. The van der Waals surface area contributed by atoms with Crippen LogP contribution in [-0.4, -0.2) is 17.8 Å². The topological polar surface area (TPSA) is 56.0 Å². The van der Waals surface area contributed by atoms with E-state index in [4.69, 9.17) is 10.4 Å². The van der Waals surface area contributed by atoms with Crippen LogP contribution in [0.25, 0.3) is 0 Å². The van der Waals surface area contributed by atoms with Gasteiger partial charge in [-0.15, -0.1) is 0 Å². The SMILES string of the molecule is CC[C@@H](CO)NCc1ccc(C#N)cc1. The van der Waals surface area contributed by atoms with Crippen LogP contribution in [0.15, 0.2) is 24.3 Å². The van der Waals surface area contributed by atoms with Gasteiger partial charge in [0.1, 0.15) is 0 Å². The Bertz CT molecular complexity index is 322. The van der Waals surface area contributed by atoms with Crippen molar-refractivity contribution in [3.8, 4) is 6.07 Å². The third-order valence-corrected chi connectivity index (χ3v) is 2.39. The second-order valence-electron chi connectivity index (χ2n) is 3.48. The van der Waals surface area contributed by atoms with Gasteiger partial charge in [-0.25, -0.2) is 0 Å². The Balaban J connectivity index is 2.48. The van der Waals surface area contributed by atoms with Crippen LogP contribution in [0.3, 0.4) is 0 Å².